The highest BCUT2D eigenvalue weighted by molar-refractivity contribution is 6.31. The Labute approximate surface area is 179 Å². The van der Waals surface area contributed by atoms with Gasteiger partial charge in [-0.2, -0.15) is 0 Å². The van der Waals surface area contributed by atoms with E-state index in [1.807, 2.05) is 46.0 Å². The topological polar surface area (TPSA) is 67.7 Å². The van der Waals surface area contributed by atoms with Gasteiger partial charge in [-0.15, -0.1) is 0 Å². The van der Waals surface area contributed by atoms with Crippen molar-refractivity contribution in [3.05, 3.63) is 59.4 Å². The van der Waals surface area contributed by atoms with Crippen LogP contribution in [0, 0.1) is 0 Å². The summed E-state index contributed by atoms with van der Waals surface area (Å²) in [5.41, 5.74) is 1.40. The Kier molecular flexibility index (Phi) is 5.90. The van der Waals surface area contributed by atoms with E-state index in [-0.39, 0.29) is 18.4 Å². The third-order valence-corrected chi connectivity index (χ3v) is 5.49. The molecule has 0 aliphatic carbocycles. The second-order valence-electron chi connectivity index (χ2n) is 7.14. The average Bonchev–Trinajstić information content (AvgIpc) is 3.16. The van der Waals surface area contributed by atoms with Crippen LogP contribution in [0.3, 0.4) is 0 Å². The standard InChI is InChI=1S/C22H23ClN4O3/c1-2-30-22(29)17-4-6-20(24-14-17)25-9-11-26(12-10-25)21(28)15-27-8-7-16-3-5-18(23)13-19(16)27/h3-8,13-14H,2,9-12,15H2,1H3. The number of nitrogens with zero attached hydrogens (tertiary/aromatic N) is 4. The van der Waals surface area contributed by atoms with Gasteiger partial charge in [-0.25, -0.2) is 9.78 Å². The molecule has 3 aromatic rings. The lowest BCUT2D eigenvalue weighted by Gasteiger charge is -2.35. The molecule has 1 aliphatic heterocycles. The maximum Gasteiger partial charge on any atom is 0.339 e. The molecule has 3 heterocycles. The van der Waals surface area contributed by atoms with Crippen LogP contribution in [0.1, 0.15) is 17.3 Å². The van der Waals surface area contributed by atoms with E-state index in [4.69, 9.17) is 16.3 Å². The van der Waals surface area contributed by atoms with Gasteiger partial charge in [-0.3, -0.25) is 4.79 Å². The number of benzene rings is 1. The summed E-state index contributed by atoms with van der Waals surface area (Å²) in [6.07, 6.45) is 3.46. The minimum Gasteiger partial charge on any atom is -0.462 e. The van der Waals surface area contributed by atoms with Crippen LogP contribution < -0.4 is 4.90 Å². The summed E-state index contributed by atoms with van der Waals surface area (Å²) < 4.78 is 6.92. The van der Waals surface area contributed by atoms with Crippen molar-refractivity contribution in [3.63, 3.8) is 0 Å². The molecular formula is C22H23ClN4O3. The molecule has 1 amide bonds. The number of ether oxygens (including phenoxy) is 1. The van der Waals surface area contributed by atoms with Gasteiger partial charge >= 0.3 is 5.97 Å². The predicted octanol–water partition coefficient (Wildman–Crippen LogP) is 3.22. The second-order valence-corrected chi connectivity index (χ2v) is 7.58. The summed E-state index contributed by atoms with van der Waals surface area (Å²) >= 11 is 6.10. The van der Waals surface area contributed by atoms with E-state index >= 15 is 0 Å². The molecule has 7 nitrogen and oxygen atoms in total. The lowest BCUT2D eigenvalue weighted by molar-refractivity contribution is -0.132. The number of hydrogen-bond acceptors (Lipinski definition) is 5. The molecule has 0 atom stereocenters. The minimum atomic E-state index is -0.370. The molecular weight excluding hydrogens is 404 g/mol. The van der Waals surface area contributed by atoms with Gasteiger partial charge in [-0.05, 0) is 42.6 Å². The molecule has 1 aliphatic rings. The Morgan fingerprint density at radius 1 is 1.10 bits per heavy atom. The van der Waals surface area contributed by atoms with Gasteiger partial charge in [0.05, 0.1) is 12.2 Å². The lowest BCUT2D eigenvalue weighted by atomic mass is 10.2. The molecule has 0 spiro atoms. The van der Waals surface area contributed by atoms with E-state index < -0.39 is 0 Å². The molecule has 156 valence electrons. The molecule has 0 saturated carbocycles. The number of carbonyl (C=O) groups is 2. The van der Waals surface area contributed by atoms with Gasteiger partial charge < -0.3 is 19.1 Å². The number of esters is 1. The summed E-state index contributed by atoms with van der Waals surface area (Å²) in [7, 11) is 0. The van der Waals surface area contributed by atoms with Gasteiger partial charge in [0, 0.05) is 49.1 Å². The quantitative estimate of drug-likeness (QED) is 0.586. The van der Waals surface area contributed by atoms with Crippen LogP contribution in [-0.4, -0.2) is 59.1 Å². The molecule has 0 N–H and O–H groups in total. The highest BCUT2D eigenvalue weighted by atomic mass is 35.5. The summed E-state index contributed by atoms with van der Waals surface area (Å²) in [6.45, 7) is 5.03. The van der Waals surface area contributed by atoms with Crippen molar-refractivity contribution in [2.24, 2.45) is 0 Å². The Bertz CT molecular complexity index is 1060. The minimum absolute atomic E-state index is 0.0812. The number of fused-ring (bicyclic) bond motifs is 1. The number of piperazine rings is 1. The molecule has 8 heteroatoms. The van der Waals surface area contributed by atoms with Gasteiger partial charge in [0.15, 0.2) is 0 Å². The van der Waals surface area contributed by atoms with Crippen molar-refractivity contribution in [2.75, 3.05) is 37.7 Å². The molecule has 0 bridgehead atoms. The van der Waals surface area contributed by atoms with Crippen molar-refractivity contribution in [3.8, 4) is 0 Å². The van der Waals surface area contributed by atoms with E-state index in [2.05, 4.69) is 9.88 Å². The predicted molar refractivity (Wildman–Crippen MR) is 116 cm³/mol. The van der Waals surface area contributed by atoms with Crippen LogP contribution in [0.15, 0.2) is 48.8 Å². The smallest absolute Gasteiger partial charge is 0.339 e. The highest BCUT2D eigenvalue weighted by Gasteiger charge is 2.22. The van der Waals surface area contributed by atoms with Crippen LogP contribution in [0.2, 0.25) is 5.02 Å². The van der Waals surface area contributed by atoms with Crippen LogP contribution in [0.5, 0.6) is 0 Å². The molecule has 0 unspecified atom stereocenters. The number of aromatic nitrogens is 2. The SMILES string of the molecule is CCOC(=O)c1ccc(N2CCN(C(=O)Cn3ccc4ccc(Cl)cc43)CC2)nc1. The Balaban J connectivity index is 1.35. The monoisotopic (exact) mass is 426 g/mol. The molecule has 1 aromatic carbocycles. The third-order valence-electron chi connectivity index (χ3n) is 5.26. The van der Waals surface area contributed by atoms with Crippen LogP contribution in [-0.2, 0) is 16.1 Å². The fourth-order valence-electron chi connectivity index (χ4n) is 3.63. The summed E-state index contributed by atoms with van der Waals surface area (Å²) in [5.74, 6) is 0.504. The first-order chi connectivity index (χ1) is 14.5. The first-order valence-electron chi connectivity index (χ1n) is 9.95. The van der Waals surface area contributed by atoms with Crippen molar-refractivity contribution < 1.29 is 14.3 Å². The fourth-order valence-corrected chi connectivity index (χ4v) is 3.80. The third kappa shape index (κ3) is 4.26. The normalized spacial score (nSPS) is 14.2. The van der Waals surface area contributed by atoms with E-state index in [9.17, 15) is 9.59 Å². The van der Waals surface area contributed by atoms with Crippen LogP contribution in [0.4, 0.5) is 5.82 Å². The van der Waals surface area contributed by atoms with Crippen LogP contribution in [0.25, 0.3) is 10.9 Å². The molecule has 30 heavy (non-hydrogen) atoms. The first-order valence-corrected chi connectivity index (χ1v) is 10.3. The van der Waals surface area contributed by atoms with E-state index in [1.54, 1.807) is 13.0 Å². The number of amides is 1. The zero-order chi connectivity index (χ0) is 21.1. The lowest BCUT2D eigenvalue weighted by Crippen LogP contribution is -2.49. The Hall–Kier alpha value is -3.06. The highest BCUT2D eigenvalue weighted by Crippen LogP contribution is 2.21. The van der Waals surface area contributed by atoms with Crippen molar-refractivity contribution in [1.82, 2.24) is 14.5 Å². The number of rotatable bonds is 5. The van der Waals surface area contributed by atoms with Gasteiger partial charge in [0.2, 0.25) is 5.91 Å². The number of anilines is 1. The maximum atomic E-state index is 12.8. The van der Waals surface area contributed by atoms with E-state index in [0.717, 1.165) is 16.7 Å². The van der Waals surface area contributed by atoms with Gasteiger partial charge in [0.25, 0.3) is 0 Å². The average molecular weight is 427 g/mol. The molecule has 1 fully saturated rings. The molecule has 0 radical (unpaired) electrons. The van der Waals surface area contributed by atoms with Crippen LogP contribution >= 0.6 is 11.6 Å². The molecule has 4 rings (SSSR count). The maximum absolute atomic E-state index is 12.8. The number of hydrogen-bond donors (Lipinski definition) is 0. The molecule has 1 saturated heterocycles. The number of carbonyl (C=O) groups excluding carboxylic acids is 2. The van der Waals surface area contributed by atoms with Crippen molar-refractivity contribution >= 4 is 40.2 Å². The van der Waals surface area contributed by atoms with Gasteiger partial charge in [-0.1, -0.05) is 17.7 Å². The zero-order valence-electron chi connectivity index (χ0n) is 16.8. The first kappa shape index (κ1) is 20.2. The fraction of sp³-hybridized carbons (Fsp3) is 0.318. The summed E-state index contributed by atoms with van der Waals surface area (Å²) in [6, 6.07) is 11.2. The van der Waals surface area contributed by atoms with Gasteiger partial charge in [0.1, 0.15) is 12.4 Å². The second kappa shape index (κ2) is 8.75. The van der Waals surface area contributed by atoms with E-state index in [0.29, 0.717) is 43.4 Å². The largest absolute Gasteiger partial charge is 0.462 e. The summed E-state index contributed by atoms with van der Waals surface area (Å²) in [4.78, 5) is 32.9. The summed E-state index contributed by atoms with van der Waals surface area (Å²) in [5, 5.41) is 1.72. The van der Waals surface area contributed by atoms with E-state index in [1.165, 1.54) is 6.20 Å². The Morgan fingerprint density at radius 2 is 1.90 bits per heavy atom. The van der Waals surface area contributed by atoms with Crippen molar-refractivity contribution in [2.45, 2.75) is 13.5 Å². The zero-order valence-corrected chi connectivity index (χ0v) is 17.5. The van der Waals surface area contributed by atoms with Crippen molar-refractivity contribution in [1.29, 1.82) is 0 Å². The number of pyridine rings is 1. The Morgan fingerprint density at radius 3 is 2.60 bits per heavy atom. The molecule has 2 aromatic heterocycles. The number of halogens is 1.